The third kappa shape index (κ3) is 4.57. The number of benzene rings is 3. The molecule has 0 saturated carbocycles. The molecule has 6 heteroatoms. The predicted molar refractivity (Wildman–Crippen MR) is 123 cm³/mol. The average Bonchev–Trinajstić information content (AvgIpc) is 2.80. The third-order valence-electron chi connectivity index (χ3n) is 4.77. The molecule has 1 aromatic heterocycles. The summed E-state index contributed by atoms with van der Waals surface area (Å²) in [5, 5.41) is 9.58. The number of nitrogens with two attached hydrogens (primary N) is 1. The molecule has 0 aliphatic rings. The molecule has 152 valence electrons. The summed E-state index contributed by atoms with van der Waals surface area (Å²) in [6, 6.07) is 25.3. The number of hydrogen-bond acceptors (Lipinski definition) is 4. The molecule has 3 aromatic carbocycles. The normalized spacial score (nSPS) is 10.5. The molecule has 4 nitrogen and oxygen atoms in total. The smallest absolute Gasteiger partial charge is 0.164 e. The highest BCUT2D eigenvalue weighted by molar-refractivity contribution is 9.10. The lowest BCUT2D eigenvalue weighted by molar-refractivity contribution is 0.307. The number of hydrogen-bond donors (Lipinski definition) is 1. The monoisotopic (exact) mass is 473 g/mol. The number of aromatic nitrogens is 1. The van der Waals surface area contributed by atoms with Gasteiger partial charge in [-0.05, 0) is 47.5 Å². The Kier molecular flexibility index (Phi) is 5.96. The summed E-state index contributed by atoms with van der Waals surface area (Å²) in [6.07, 6.45) is 0. The van der Waals surface area contributed by atoms with Crippen LogP contribution in [0.15, 0.2) is 83.3 Å². The van der Waals surface area contributed by atoms with Crippen LogP contribution in [0.2, 0.25) is 0 Å². The van der Waals surface area contributed by atoms with E-state index in [-0.39, 0.29) is 11.4 Å². The quantitative estimate of drug-likeness (QED) is 0.366. The summed E-state index contributed by atoms with van der Waals surface area (Å²) >= 11 is 3.42. The fraction of sp³-hybridized carbons (Fsp3) is 0.0400. The number of rotatable bonds is 5. The van der Waals surface area contributed by atoms with Crippen molar-refractivity contribution in [1.82, 2.24) is 4.98 Å². The summed E-state index contributed by atoms with van der Waals surface area (Å²) in [4.78, 5) is 4.38. The number of nitriles is 1. The van der Waals surface area contributed by atoms with Gasteiger partial charge in [-0.25, -0.2) is 9.37 Å². The van der Waals surface area contributed by atoms with Crippen molar-refractivity contribution in [3.8, 4) is 34.2 Å². The van der Waals surface area contributed by atoms with Gasteiger partial charge < -0.3 is 10.5 Å². The molecular formula is C25H17BrFN3O. The van der Waals surface area contributed by atoms with E-state index in [9.17, 15) is 9.65 Å². The molecule has 4 aromatic rings. The van der Waals surface area contributed by atoms with Crippen molar-refractivity contribution in [1.29, 1.82) is 5.26 Å². The Morgan fingerprint density at radius 1 is 0.968 bits per heavy atom. The summed E-state index contributed by atoms with van der Waals surface area (Å²) in [6.45, 7) is 0.319. The maximum atomic E-state index is 14.1. The first kappa shape index (κ1) is 20.6. The van der Waals surface area contributed by atoms with E-state index >= 15 is 0 Å². The minimum Gasteiger partial charge on any atom is -0.488 e. The van der Waals surface area contributed by atoms with Gasteiger partial charge >= 0.3 is 0 Å². The van der Waals surface area contributed by atoms with Crippen LogP contribution < -0.4 is 10.5 Å². The van der Waals surface area contributed by atoms with Gasteiger partial charge in [0, 0.05) is 15.6 Å². The van der Waals surface area contributed by atoms with E-state index in [0.717, 1.165) is 15.6 Å². The Labute approximate surface area is 187 Å². The van der Waals surface area contributed by atoms with Crippen LogP contribution in [0, 0.1) is 17.1 Å². The molecule has 0 amide bonds. The molecule has 2 N–H and O–H groups in total. The Morgan fingerprint density at radius 2 is 1.71 bits per heavy atom. The van der Waals surface area contributed by atoms with Gasteiger partial charge in [-0.1, -0.05) is 58.4 Å². The molecular weight excluding hydrogens is 457 g/mol. The molecule has 0 aliphatic heterocycles. The van der Waals surface area contributed by atoms with Gasteiger partial charge in [0.2, 0.25) is 0 Å². The van der Waals surface area contributed by atoms with E-state index in [0.29, 0.717) is 29.2 Å². The van der Waals surface area contributed by atoms with E-state index in [4.69, 9.17) is 10.5 Å². The summed E-state index contributed by atoms with van der Waals surface area (Å²) in [5.74, 6) is 0.0394. The minimum absolute atomic E-state index is 0.0775. The number of nitrogens with zero attached hydrogens (tertiary/aromatic N) is 2. The lowest BCUT2D eigenvalue weighted by atomic mass is 10.00. The average molecular weight is 474 g/mol. The summed E-state index contributed by atoms with van der Waals surface area (Å²) in [5.41, 5.74) is 9.87. The van der Waals surface area contributed by atoms with Crippen LogP contribution in [0.1, 0.15) is 11.3 Å². The van der Waals surface area contributed by atoms with Crippen molar-refractivity contribution in [2.75, 3.05) is 5.73 Å². The second-order valence-corrected chi connectivity index (χ2v) is 7.77. The van der Waals surface area contributed by atoms with Crippen LogP contribution in [0.4, 0.5) is 10.1 Å². The van der Waals surface area contributed by atoms with Crippen LogP contribution in [0.5, 0.6) is 5.75 Å². The van der Waals surface area contributed by atoms with Gasteiger partial charge in [0.15, 0.2) is 5.69 Å². The van der Waals surface area contributed by atoms with Gasteiger partial charge in [-0.15, -0.1) is 0 Å². The van der Waals surface area contributed by atoms with Crippen molar-refractivity contribution in [3.05, 3.63) is 100 Å². The first-order valence-electron chi connectivity index (χ1n) is 9.48. The van der Waals surface area contributed by atoms with E-state index in [1.165, 1.54) is 12.1 Å². The number of nitrogen functional groups attached to an aromatic ring is 1. The molecule has 0 aliphatic carbocycles. The molecule has 0 saturated heterocycles. The number of anilines is 1. The largest absolute Gasteiger partial charge is 0.488 e. The molecule has 0 fully saturated rings. The SMILES string of the molecule is N#Cc1nc(-c2cc(F)ccc2OCc2ccccc2)cc(-c2ccc(Br)cc2)c1N. The first-order valence-corrected chi connectivity index (χ1v) is 10.3. The number of ether oxygens (including phenoxy) is 1. The number of pyridine rings is 1. The van der Waals surface area contributed by atoms with Crippen molar-refractivity contribution >= 4 is 21.6 Å². The van der Waals surface area contributed by atoms with Gasteiger partial charge in [0.25, 0.3) is 0 Å². The van der Waals surface area contributed by atoms with E-state index in [1.807, 2.05) is 60.7 Å². The van der Waals surface area contributed by atoms with Crippen molar-refractivity contribution < 1.29 is 9.13 Å². The lowest BCUT2D eigenvalue weighted by Gasteiger charge is -2.14. The Balaban J connectivity index is 1.80. The van der Waals surface area contributed by atoms with Gasteiger partial charge in [0.05, 0.1) is 11.4 Å². The molecule has 0 spiro atoms. The molecule has 31 heavy (non-hydrogen) atoms. The standard InChI is InChI=1S/C25H17BrFN3O/c26-18-8-6-17(7-9-18)20-13-22(30-23(14-28)25(20)29)21-12-19(27)10-11-24(21)31-15-16-4-2-1-3-5-16/h1-13H,15,29H2. The summed E-state index contributed by atoms with van der Waals surface area (Å²) < 4.78 is 21.0. The Hall–Kier alpha value is -3.69. The molecule has 0 unspecified atom stereocenters. The van der Waals surface area contributed by atoms with Gasteiger partial charge in [-0.2, -0.15) is 5.26 Å². The Morgan fingerprint density at radius 3 is 2.42 bits per heavy atom. The van der Waals surface area contributed by atoms with Crippen LogP contribution in [0.3, 0.4) is 0 Å². The predicted octanol–water partition coefficient (Wildman–Crippen LogP) is 6.35. The van der Waals surface area contributed by atoms with Crippen molar-refractivity contribution in [2.45, 2.75) is 6.61 Å². The second kappa shape index (κ2) is 8.99. The van der Waals surface area contributed by atoms with Crippen molar-refractivity contribution in [2.24, 2.45) is 0 Å². The molecule has 1 heterocycles. The van der Waals surface area contributed by atoms with Crippen molar-refractivity contribution in [3.63, 3.8) is 0 Å². The fourth-order valence-corrected chi connectivity index (χ4v) is 3.47. The van der Waals surface area contributed by atoms with E-state index < -0.39 is 5.82 Å². The van der Waals surface area contributed by atoms with Crippen LogP contribution in [0.25, 0.3) is 22.4 Å². The number of halogens is 2. The topological polar surface area (TPSA) is 71.9 Å². The van der Waals surface area contributed by atoms with Crippen LogP contribution in [-0.4, -0.2) is 4.98 Å². The fourth-order valence-electron chi connectivity index (χ4n) is 3.21. The van der Waals surface area contributed by atoms with E-state index in [2.05, 4.69) is 20.9 Å². The molecule has 0 bridgehead atoms. The molecule has 0 atom stereocenters. The van der Waals surface area contributed by atoms with Gasteiger partial charge in [0.1, 0.15) is 24.2 Å². The molecule has 0 radical (unpaired) electrons. The minimum atomic E-state index is -0.426. The van der Waals surface area contributed by atoms with Crippen LogP contribution in [-0.2, 0) is 6.61 Å². The molecule has 4 rings (SSSR count). The second-order valence-electron chi connectivity index (χ2n) is 6.85. The first-order chi connectivity index (χ1) is 15.0. The lowest BCUT2D eigenvalue weighted by Crippen LogP contribution is -2.02. The maximum Gasteiger partial charge on any atom is 0.164 e. The zero-order chi connectivity index (χ0) is 21.8. The summed E-state index contributed by atoms with van der Waals surface area (Å²) in [7, 11) is 0. The highest BCUT2D eigenvalue weighted by Crippen LogP contribution is 2.36. The highest BCUT2D eigenvalue weighted by Gasteiger charge is 2.16. The van der Waals surface area contributed by atoms with E-state index in [1.54, 1.807) is 12.1 Å². The highest BCUT2D eigenvalue weighted by atomic mass is 79.9. The van der Waals surface area contributed by atoms with Gasteiger partial charge in [-0.3, -0.25) is 0 Å². The zero-order valence-electron chi connectivity index (χ0n) is 16.3. The third-order valence-corrected chi connectivity index (χ3v) is 5.30. The zero-order valence-corrected chi connectivity index (χ0v) is 17.9. The maximum absolute atomic E-state index is 14.1. The van der Waals surface area contributed by atoms with Crippen LogP contribution >= 0.6 is 15.9 Å². The Bertz CT molecular complexity index is 1270.